The summed E-state index contributed by atoms with van der Waals surface area (Å²) in [6.07, 6.45) is 7.24. The normalized spacial score (nSPS) is 10.9. The monoisotopic (exact) mass is 432 g/mol. The van der Waals surface area contributed by atoms with E-state index in [9.17, 15) is 18.0 Å². The first-order chi connectivity index (χ1) is 12.9. The Bertz CT molecular complexity index is 708. The van der Waals surface area contributed by atoms with Crippen LogP contribution in [0, 0.1) is 0 Å². The zero-order valence-electron chi connectivity index (χ0n) is 16.6. The SMILES string of the molecule is CCCCCCCCS(=O)(=O)Nc1ccccc1C(=O)C(=O)CCCCN.Cl. The molecule has 1 aromatic rings. The molecule has 0 saturated heterocycles. The molecular weight excluding hydrogens is 400 g/mol. The molecule has 0 aliphatic carbocycles. The van der Waals surface area contributed by atoms with E-state index in [1.165, 1.54) is 18.6 Å². The number of benzene rings is 1. The van der Waals surface area contributed by atoms with Crippen molar-refractivity contribution in [3.63, 3.8) is 0 Å². The molecule has 28 heavy (non-hydrogen) atoms. The summed E-state index contributed by atoms with van der Waals surface area (Å²) in [6, 6.07) is 6.25. The van der Waals surface area contributed by atoms with Gasteiger partial charge < -0.3 is 5.73 Å². The third-order valence-electron chi connectivity index (χ3n) is 4.31. The number of Topliss-reactive ketones (excluding diaryl/α,β-unsaturated/α-hetero) is 2. The van der Waals surface area contributed by atoms with Crippen LogP contribution in [0.5, 0.6) is 0 Å². The van der Waals surface area contributed by atoms with E-state index in [-0.39, 0.29) is 35.8 Å². The molecular formula is C20H33ClN2O4S. The lowest BCUT2D eigenvalue weighted by molar-refractivity contribution is -0.115. The number of nitrogens with two attached hydrogens (primary N) is 1. The van der Waals surface area contributed by atoms with Crippen LogP contribution in [-0.4, -0.2) is 32.3 Å². The Morgan fingerprint density at radius 1 is 0.964 bits per heavy atom. The maximum Gasteiger partial charge on any atom is 0.232 e. The molecule has 6 nitrogen and oxygen atoms in total. The second-order valence-electron chi connectivity index (χ2n) is 6.73. The molecule has 0 heterocycles. The van der Waals surface area contributed by atoms with Gasteiger partial charge in [-0.05, 0) is 37.9 Å². The summed E-state index contributed by atoms with van der Waals surface area (Å²) in [5.41, 5.74) is 5.66. The summed E-state index contributed by atoms with van der Waals surface area (Å²) in [6.45, 7) is 2.60. The van der Waals surface area contributed by atoms with E-state index in [2.05, 4.69) is 11.6 Å². The van der Waals surface area contributed by atoms with Crippen LogP contribution in [0.2, 0.25) is 0 Å². The van der Waals surface area contributed by atoms with Crippen molar-refractivity contribution in [2.75, 3.05) is 17.0 Å². The summed E-state index contributed by atoms with van der Waals surface area (Å²) >= 11 is 0. The van der Waals surface area contributed by atoms with Crippen molar-refractivity contribution in [3.05, 3.63) is 29.8 Å². The molecule has 0 saturated carbocycles. The van der Waals surface area contributed by atoms with Gasteiger partial charge in [0.1, 0.15) is 0 Å². The van der Waals surface area contributed by atoms with Crippen LogP contribution in [0.4, 0.5) is 5.69 Å². The third kappa shape index (κ3) is 10.2. The van der Waals surface area contributed by atoms with E-state index in [4.69, 9.17) is 5.73 Å². The lowest BCUT2D eigenvalue weighted by Crippen LogP contribution is -2.21. The van der Waals surface area contributed by atoms with Gasteiger partial charge in [-0.3, -0.25) is 14.3 Å². The van der Waals surface area contributed by atoms with Gasteiger partial charge in [-0.1, -0.05) is 51.2 Å². The number of hydrogen-bond donors (Lipinski definition) is 2. The summed E-state index contributed by atoms with van der Waals surface area (Å²) in [5, 5.41) is 0. The highest BCUT2D eigenvalue weighted by Gasteiger charge is 2.21. The van der Waals surface area contributed by atoms with E-state index < -0.39 is 21.6 Å². The Kier molecular flexibility index (Phi) is 13.8. The van der Waals surface area contributed by atoms with E-state index in [0.717, 1.165) is 25.7 Å². The molecule has 0 aliphatic rings. The van der Waals surface area contributed by atoms with Crippen LogP contribution in [0.25, 0.3) is 0 Å². The number of carbonyl (C=O) groups is 2. The first kappa shape index (κ1) is 26.6. The largest absolute Gasteiger partial charge is 0.330 e. The Morgan fingerprint density at radius 3 is 2.29 bits per heavy atom. The van der Waals surface area contributed by atoms with Crippen molar-refractivity contribution < 1.29 is 18.0 Å². The van der Waals surface area contributed by atoms with Crippen molar-refractivity contribution in [2.45, 2.75) is 64.7 Å². The first-order valence-electron chi connectivity index (χ1n) is 9.78. The Morgan fingerprint density at radius 2 is 1.61 bits per heavy atom. The van der Waals surface area contributed by atoms with Crippen LogP contribution in [-0.2, 0) is 14.8 Å². The van der Waals surface area contributed by atoms with Crippen molar-refractivity contribution in [2.24, 2.45) is 5.73 Å². The topological polar surface area (TPSA) is 106 Å². The van der Waals surface area contributed by atoms with Gasteiger partial charge in [0.2, 0.25) is 21.6 Å². The Hall–Kier alpha value is -1.44. The molecule has 0 amide bonds. The van der Waals surface area contributed by atoms with Crippen molar-refractivity contribution >= 4 is 39.7 Å². The quantitative estimate of drug-likeness (QED) is 0.246. The molecule has 160 valence electrons. The Labute approximate surface area is 175 Å². The van der Waals surface area contributed by atoms with Gasteiger partial charge in [0.15, 0.2) is 0 Å². The highest BCUT2D eigenvalue weighted by atomic mass is 35.5. The summed E-state index contributed by atoms with van der Waals surface area (Å²) < 4.78 is 27.1. The minimum atomic E-state index is -3.56. The summed E-state index contributed by atoms with van der Waals surface area (Å²) in [5.74, 6) is -1.18. The van der Waals surface area contributed by atoms with Gasteiger partial charge in [0, 0.05) is 12.0 Å². The highest BCUT2D eigenvalue weighted by Crippen LogP contribution is 2.19. The van der Waals surface area contributed by atoms with Gasteiger partial charge in [0.25, 0.3) is 0 Å². The van der Waals surface area contributed by atoms with Gasteiger partial charge in [-0.15, -0.1) is 12.4 Å². The second-order valence-corrected chi connectivity index (χ2v) is 8.57. The molecule has 0 fully saturated rings. The standard InChI is InChI=1S/C20H32N2O4S.ClH/c1-2-3-4-5-6-11-16-27(25,26)22-18-13-8-7-12-17(18)20(24)19(23)14-9-10-15-21;/h7-8,12-13,22H,2-6,9-11,14-16,21H2,1H3;1H. The fourth-order valence-electron chi connectivity index (χ4n) is 2.75. The molecule has 1 rings (SSSR count). The summed E-state index contributed by atoms with van der Waals surface area (Å²) in [7, 11) is -3.56. The molecule has 1 aromatic carbocycles. The van der Waals surface area contributed by atoms with E-state index >= 15 is 0 Å². The van der Waals surface area contributed by atoms with Crippen LogP contribution in [0.3, 0.4) is 0 Å². The highest BCUT2D eigenvalue weighted by molar-refractivity contribution is 7.92. The number of para-hydroxylation sites is 1. The maximum atomic E-state index is 12.4. The molecule has 0 spiro atoms. The zero-order chi connectivity index (χ0) is 20.1. The smallest absolute Gasteiger partial charge is 0.232 e. The lowest BCUT2D eigenvalue weighted by Gasteiger charge is -2.11. The van der Waals surface area contributed by atoms with Crippen LogP contribution >= 0.6 is 12.4 Å². The maximum absolute atomic E-state index is 12.4. The predicted octanol–water partition coefficient (Wildman–Crippen LogP) is 4.09. The number of sulfonamides is 1. The first-order valence-corrected chi connectivity index (χ1v) is 11.4. The Balaban J connectivity index is 0.00000729. The number of ketones is 2. The summed E-state index contributed by atoms with van der Waals surface area (Å²) in [4.78, 5) is 24.5. The average molecular weight is 433 g/mol. The fourth-order valence-corrected chi connectivity index (χ4v) is 3.95. The number of carbonyl (C=O) groups excluding carboxylic acids is 2. The van der Waals surface area contributed by atoms with Gasteiger partial charge >= 0.3 is 0 Å². The fraction of sp³-hybridized carbons (Fsp3) is 0.600. The predicted molar refractivity (Wildman–Crippen MR) is 117 cm³/mol. The molecule has 3 N–H and O–H groups in total. The molecule has 0 aromatic heterocycles. The molecule has 0 unspecified atom stereocenters. The third-order valence-corrected chi connectivity index (χ3v) is 5.67. The number of unbranched alkanes of at least 4 members (excludes halogenated alkanes) is 6. The van der Waals surface area contributed by atoms with Gasteiger partial charge in [-0.25, -0.2) is 8.42 Å². The molecule has 8 heteroatoms. The second kappa shape index (κ2) is 14.5. The number of hydrogen-bond acceptors (Lipinski definition) is 5. The van der Waals surface area contributed by atoms with Crippen molar-refractivity contribution in [3.8, 4) is 0 Å². The van der Waals surface area contributed by atoms with Gasteiger partial charge in [0.05, 0.1) is 11.4 Å². The zero-order valence-corrected chi connectivity index (χ0v) is 18.2. The van der Waals surface area contributed by atoms with Crippen molar-refractivity contribution in [1.82, 2.24) is 0 Å². The number of halogens is 1. The van der Waals surface area contributed by atoms with Gasteiger partial charge in [-0.2, -0.15) is 0 Å². The minimum absolute atomic E-state index is 0. The lowest BCUT2D eigenvalue weighted by atomic mass is 10.0. The average Bonchev–Trinajstić information content (AvgIpc) is 2.64. The number of nitrogens with one attached hydrogen (secondary N) is 1. The van der Waals surface area contributed by atoms with Crippen molar-refractivity contribution in [1.29, 1.82) is 0 Å². The van der Waals surface area contributed by atoms with Crippen LogP contribution < -0.4 is 10.5 Å². The van der Waals surface area contributed by atoms with Crippen LogP contribution in [0.15, 0.2) is 24.3 Å². The number of anilines is 1. The molecule has 0 radical (unpaired) electrons. The number of rotatable bonds is 15. The molecule has 0 bridgehead atoms. The van der Waals surface area contributed by atoms with Crippen LogP contribution in [0.1, 0.15) is 75.1 Å². The minimum Gasteiger partial charge on any atom is -0.330 e. The molecule has 0 aliphatic heterocycles. The van der Waals surface area contributed by atoms with E-state index in [1.807, 2.05) is 0 Å². The van der Waals surface area contributed by atoms with E-state index in [1.54, 1.807) is 12.1 Å². The molecule has 0 atom stereocenters. The van der Waals surface area contributed by atoms with E-state index in [0.29, 0.717) is 25.8 Å².